The predicted octanol–water partition coefficient (Wildman–Crippen LogP) is 3.53. The molecule has 4 rings (SSSR count). The third-order valence-corrected chi connectivity index (χ3v) is 4.96. The summed E-state index contributed by atoms with van der Waals surface area (Å²) in [5.41, 5.74) is 3.78. The van der Waals surface area contributed by atoms with E-state index in [0.29, 0.717) is 34.0 Å². The summed E-state index contributed by atoms with van der Waals surface area (Å²) in [4.78, 5) is 12.6. The number of aryl methyl sites for hydroxylation is 1. The summed E-state index contributed by atoms with van der Waals surface area (Å²) in [5, 5.41) is 24.6. The number of aromatic nitrogens is 4. The number of aromatic amines is 1. The largest absolute Gasteiger partial charge is 0.394 e. The Labute approximate surface area is 178 Å². The molecule has 0 aliphatic heterocycles. The molecule has 0 fully saturated rings. The van der Waals surface area contributed by atoms with Gasteiger partial charge < -0.3 is 10.4 Å². The van der Waals surface area contributed by atoms with Crippen molar-refractivity contribution in [1.82, 2.24) is 20.0 Å². The van der Waals surface area contributed by atoms with Gasteiger partial charge in [-0.2, -0.15) is 14.9 Å². The molecule has 4 aromatic rings. The van der Waals surface area contributed by atoms with E-state index in [1.54, 1.807) is 18.2 Å². The Morgan fingerprint density at radius 1 is 1.13 bits per heavy atom. The predicted molar refractivity (Wildman–Crippen MR) is 118 cm³/mol. The van der Waals surface area contributed by atoms with Crippen molar-refractivity contribution in [3.05, 3.63) is 82.4 Å². The van der Waals surface area contributed by atoms with E-state index in [9.17, 15) is 14.3 Å². The van der Waals surface area contributed by atoms with Gasteiger partial charge in [-0.05, 0) is 55.8 Å². The second-order valence-corrected chi connectivity index (χ2v) is 7.31. The molecule has 0 bridgehead atoms. The van der Waals surface area contributed by atoms with Gasteiger partial charge in [0.25, 0.3) is 5.56 Å². The van der Waals surface area contributed by atoms with Crippen molar-refractivity contribution in [3.8, 4) is 28.2 Å². The Bertz CT molecular complexity index is 1260. The summed E-state index contributed by atoms with van der Waals surface area (Å²) in [7, 11) is 0. The molecule has 7 nitrogen and oxygen atoms in total. The molecule has 0 radical (unpaired) electrons. The summed E-state index contributed by atoms with van der Waals surface area (Å²) in [6.45, 7) is 3.64. The van der Waals surface area contributed by atoms with Crippen molar-refractivity contribution in [3.63, 3.8) is 0 Å². The van der Waals surface area contributed by atoms with Gasteiger partial charge in [0, 0.05) is 17.7 Å². The zero-order valence-electron chi connectivity index (χ0n) is 17.1. The lowest BCUT2D eigenvalue weighted by molar-refractivity contribution is 0.281. The highest BCUT2D eigenvalue weighted by atomic mass is 19.1. The van der Waals surface area contributed by atoms with Gasteiger partial charge in [-0.15, -0.1) is 0 Å². The topological polar surface area (TPSA) is 95.8 Å². The molecule has 1 atom stereocenters. The van der Waals surface area contributed by atoms with Gasteiger partial charge in [0.05, 0.1) is 29.2 Å². The minimum atomic E-state index is -0.344. The quantitative estimate of drug-likeness (QED) is 0.444. The van der Waals surface area contributed by atoms with Gasteiger partial charge in [-0.25, -0.2) is 4.39 Å². The molecular weight excluding hydrogens is 397 g/mol. The maximum Gasteiger partial charge on any atom is 0.271 e. The standard InChI is InChI=1S/C23H22FN5O2/c1-14-5-3-4-6-19(14)29-20(31)12-11-18(28-29)21-22(16-7-9-17(24)10-8-16)26-27-23(21)25-15(2)13-30/h3-12,15,30H,13H2,1-2H3,(H2,25,26,27)/t15-/m1/s1. The Hall–Kier alpha value is -3.78. The fourth-order valence-electron chi connectivity index (χ4n) is 3.32. The van der Waals surface area contributed by atoms with Crippen LogP contribution in [-0.4, -0.2) is 37.7 Å². The number of H-pyrrole nitrogens is 1. The fraction of sp³-hybridized carbons (Fsp3) is 0.174. The second-order valence-electron chi connectivity index (χ2n) is 7.31. The van der Waals surface area contributed by atoms with Crippen LogP contribution in [0.4, 0.5) is 10.2 Å². The Balaban J connectivity index is 1.91. The number of aliphatic hydroxyl groups excluding tert-OH is 1. The van der Waals surface area contributed by atoms with Crippen LogP contribution in [0.1, 0.15) is 12.5 Å². The first-order valence-corrected chi connectivity index (χ1v) is 9.86. The summed E-state index contributed by atoms with van der Waals surface area (Å²) in [6.07, 6.45) is 0. The average Bonchev–Trinajstić information content (AvgIpc) is 3.18. The maximum absolute atomic E-state index is 13.5. The van der Waals surface area contributed by atoms with Crippen molar-refractivity contribution in [2.45, 2.75) is 19.9 Å². The maximum atomic E-state index is 13.5. The van der Waals surface area contributed by atoms with E-state index in [4.69, 9.17) is 0 Å². The highest BCUT2D eigenvalue weighted by Gasteiger charge is 2.20. The molecule has 0 saturated heterocycles. The van der Waals surface area contributed by atoms with Crippen molar-refractivity contribution < 1.29 is 9.50 Å². The number of anilines is 1. The minimum Gasteiger partial charge on any atom is -0.394 e. The van der Waals surface area contributed by atoms with Crippen LogP contribution in [0.25, 0.3) is 28.2 Å². The van der Waals surface area contributed by atoms with Crippen LogP contribution in [0.3, 0.4) is 0 Å². The van der Waals surface area contributed by atoms with Gasteiger partial charge >= 0.3 is 0 Å². The van der Waals surface area contributed by atoms with E-state index in [1.807, 2.05) is 38.1 Å². The SMILES string of the molecule is Cc1ccccc1-n1nc(-c2c(N[C@H](C)CO)n[nH]c2-c2ccc(F)cc2)ccc1=O. The van der Waals surface area contributed by atoms with Crippen LogP contribution in [0.15, 0.2) is 65.5 Å². The summed E-state index contributed by atoms with van der Waals surface area (Å²) >= 11 is 0. The number of para-hydroxylation sites is 1. The number of rotatable bonds is 6. The molecule has 3 N–H and O–H groups in total. The molecule has 158 valence electrons. The highest BCUT2D eigenvalue weighted by Crippen LogP contribution is 2.35. The first kappa shape index (κ1) is 20.5. The smallest absolute Gasteiger partial charge is 0.271 e. The van der Waals surface area contributed by atoms with Crippen molar-refractivity contribution in [2.75, 3.05) is 11.9 Å². The molecule has 0 amide bonds. The molecule has 0 unspecified atom stereocenters. The number of benzene rings is 2. The molecular formula is C23H22FN5O2. The van der Waals surface area contributed by atoms with E-state index < -0.39 is 0 Å². The third kappa shape index (κ3) is 4.10. The zero-order valence-corrected chi connectivity index (χ0v) is 17.1. The average molecular weight is 419 g/mol. The minimum absolute atomic E-state index is 0.0890. The first-order valence-electron chi connectivity index (χ1n) is 9.86. The van der Waals surface area contributed by atoms with Crippen molar-refractivity contribution in [2.24, 2.45) is 0 Å². The van der Waals surface area contributed by atoms with Crippen LogP contribution < -0.4 is 10.9 Å². The second kappa shape index (κ2) is 8.53. The summed E-state index contributed by atoms with van der Waals surface area (Å²) in [6, 6.07) is 16.3. The Morgan fingerprint density at radius 2 is 1.87 bits per heavy atom. The third-order valence-electron chi connectivity index (χ3n) is 4.96. The molecule has 0 saturated carbocycles. The monoisotopic (exact) mass is 419 g/mol. The fourth-order valence-corrected chi connectivity index (χ4v) is 3.32. The number of hydrogen-bond donors (Lipinski definition) is 3. The molecule has 0 aliphatic rings. The van der Waals surface area contributed by atoms with Gasteiger partial charge in [-0.1, -0.05) is 18.2 Å². The van der Waals surface area contributed by atoms with E-state index in [-0.39, 0.29) is 24.0 Å². The summed E-state index contributed by atoms with van der Waals surface area (Å²) in [5.74, 6) is 0.131. The van der Waals surface area contributed by atoms with Crippen LogP contribution in [-0.2, 0) is 0 Å². The molecule has 0 aliphatic carbocycles. The van der Waals surface area contributed by atoms with Gasteiger partial charge in [0.2, 0.25) is 0 Å². The molecule has 0 spiro atoms. The molecule has 2 heterocycles. The van der Waals surface area contributed by atoms with E-state index in [0.717, 1.165) is 5.56 Å². The number of nitrogens with zero attached hydrogens (tertiary/aromatic N) is 3. The van der Waals surface area contributed by atoms with Gasteiger partial charge in [-0.3, -0.25) is 9.89 Å². The number of nitrogens with one attached hydrogen (secondary N) is 2. The number of hydrogen-bond acceptors (Lipinski definition) is 5. The van der Waals surface area contributed by atoms with E-state index in [2.05, 4.69) is 20.6 Å². The summed E-state index contributed by atoms with van der Waals surface area (Å²) < 4.78 is 14.8. The molecule has 31 heavy (non-hydrogen) atoms. The van der Waals surface area contributed by atoms with Gasteiger partial charge in [0.15, 0.2) is 5.82 Å². The zero-order chi connectivity index (χ0) is 22.0. The van der Waals surface area contributed by atoms with Crippen LogP contribution in [0, 0.1) is 12.7 Å². The molecule has 2 aromatic heterocycles. The highest BCUT2D eigenvalue weighted by molar-refractivity contribution is 5.87. The first-order chi connectivity index (χ1) is 15.0. The normalized spacial score (nSPS) is 12.0. The lowest BCUT2D eigenvalue weighted by atomic mass is 10.0. The number of halogens is 1. The molecule has 8 heteroatoms. The lowest BCUT2D eigenvalue weighted by Crippen LogP contribution is -2.22. The van der Waals surface area contributed by atoms with Gasteiger partial charge in [0.1, 0.15) is 5.82 Å². The van der Waals surface area contributed by atoms with E-state index in [1.165, 1.54) is 22.9 Å². The van der Waals surface area contributed by atoms with Crippen LogP contribution >= 0.6 is 0 Å². The Morgan fingerprint density at radius 3 is 2.58 bits per heavy atom. The number of aliphatic hydroxyl groups is 1. The molecule has 2 aromatic carbocycles. The van der Waals surface area contributed by atoms with Crippen LogP contribution in [0.5, 0.6) is 0 Å². The van der Waals surface area contributed by atoms with E-state index >= 15 is 0 Å². The Kier molecular flexibility index (Phi) is 5.64. The van der Waals surface area contributed by atoms with Crippen molar-refractivity contribution in [1.29, 1.82) is 0 Å². The van der Waals surface area contributed by atoms with Crippen molar-refractivity contribution >= 4 is 5.82 Å². The van der Waals surface area contributed by atoms with Crippen LogP contribution in [0.2, 0.25) is 0 Å². The lowest BCUT2D eigenvalue weighted by Gasteiger charge is -2.14.